The minimum atomic E-state index is -3.11. The van der Waals surface area contributed by atoms with Crippen LogP contribution in [0, 0.1) is 0 Å². The number of hydrogen-bond acceptors (Lipinski definition) is 9. The highest BCUT2D eigenvalue weighted by Crippen LogP contribution is 2.34. The van der Waals surface area contributed by atoms with Crippen LogP contribution in [0.1, 0.15) is 173 Å². The summed E-state index contributed by atoms with van der Waals surface area (Å²) in [6.45, 7) is 33.9. The van der Waals surface area contributed by atoms with Gasteiger partial charge in [-0.25, -0.2) is 8.42 Å². The van der Waals surface area contributed by atoms with Gasteiger partial charge in [0.2, 0.25) is 15.9 Å². The normalized spacial score (nSPS) is 22.7. The molecule has 5 saturated heterocycles. The molecule has 10 rings (SSSR count). The van der Waals surface area contributed by atoms with Crippen molar-refractivity contribution in [2.45, 2.75) is 175 Å². The summed E-state index contributed by atoms with van der Waals surface area (Å²) in [6.07, 6.45) is 9.42. The lowest BCUT2D eigenvalue weighted by atomic mass is 9.94. The summed E-state index contributed by atoms with van der Waals surface area (Å²) >= 11 is 0. The van der Waals surface area contributed by atoms with Crippen molar-refractivity contribution in [2.75, 3.05) is 78.4 Å². The Balaban J connectivity index is 0.000000165. The smallest absolute Gasteiger partial charge is 0.219 e. The molecular formula is C70H105N7O4S. The van der Waals surface area contributed by atoms with Gasteiger partial charge in [-0.2, -0.15) is 4.31 Å². The van der Waals surface area contributed by atoms with Gasteiger partial charge in [0.15, 0.2) is 0 Å². The third kappa shape index (κ3) is 19.9. The predicted octanol–water partition coefficient (Wildman–Crippen LogP) is 13.7. The Morgan fingerprint density at radius 2 is 0.720 bits per heavy atom. The molecule has 82 heavy (non-hydrogen) atoms. The molecule has 5 aromatic carbocycles. The van der Waals surface area contributed by atoms with Crippen LogP contribution in [-0.2, 0) is 19.6 Å². The van der Waals surface area contributed by atoms with E-state index in [-0.39, 0.29) is 11.9 Å². The van der Waals surface area contributed by atoms with E-state index in [9.17, 15) is 13.2 Å². The van der Waals surface area contributed by atoms with E-state index in [0.717, 1.165) is 45.9 Å². The molecular weight excluding hydrogens is 1030 g/mol. The van der Waals surface area contributed by atoms with Crippen LogP contribution in [0.5, 0.6) is 0 Å². The Kier molecular flexibility index (Phi) is 27.2. The highest BCUT2D eigenvalue weighted by Gasteiger charge is 2.34. The molecule has 0 N–H and O–H groups in total. The van der Waals surface area contributed by atoms with Crippen LogP contribution in [0.25, 0.3) is 0 Å². The maximum absolute atomic E-state index is 11.7. The van der Waals surface area contributed by atoms with Crippen molar-refractivity contribution in [3.05, 3.63) is 179 Å². The van der Waals surface area contributed by atoms with Crippen molar-refractivity contribution in [2.24, 2.45) is 0 Å². The zero-order chi connectivity index (χ0) is 59.2. The molecule has 12 heteroatoms. The van der Waals surface area contributed by atoms with Gasteiger partial charge in [0.05, 0.1) is 31.6 Å². The number of hydrogen-bond donors (Lipinski definition) is 0. The minimum Gasteiger partial charge on any atom is -0.378 e. The second-order valence-electron chi connectivity index (χ2n) is 24.4. The van der Waals surface area contributed by atoms with E-state index in [1.165, 1.54) is 85.7 Å². The van der Waals surface area contributed by atoms with Crippen molar-refractivity contribution in [3.8, 4) is 0 Å². The zero-order valence-electron chi connectivity index (χ0n) is 52.4. The summed E-state index contributed by atoms with van der Waals surface area (Å²) in [5, 5.41) is 0. The van der Waals surface area contributed by atoms with Gasteiger partial charge in [-0.15, -0.1) is 0 Å². The first-order valence-electron chi connectivity index (χ1n) is 31.2. The van der Waals surface area contributed by atoms with Crippen LogP contribution in [-0.4, -0.2) is 157 Å². The van der Waals surface area contributed by atoms with Gasteiger partial charge < -0.3 is 9.64 Å². The number of benzene rings is 5. The average Bonchev–Trinajstić information content (AvgIpc) is 3.69. The van der Waals surface area contributed by atoms with Crippen LogP contribution in [0.2, 0.25) is 0 Å². The molecule has 0 saturated carbocycles. The fourth-order valence-electron chi connectivity index (χ4n) is 12.7. The van der Waals surface area contributed by atoms with E-state index in [2.05, 4.69) is 221 Å². The summed E-state index contributed by atoms with van der Waals surface area (Å²) in [5.41, 5.74) is 6.84. The van der Waals surface area contributed by atoms with Gasteiger partial charge in [-0.1, -0.05) is 165 Å². The molecule has 5 heterocycles. The fourth-order valence-corrected chi connectivity index (χ4v) is 13.6. The van der Waals surface area contributed by atoms with Gasteiger partial charge in [-0.05, 0) is 136 Å². The van der Waals surface area contributed by atoms with Crippen LogP contribution in [0.4, 0.5) is 0 Å². The van der Waals surface area contributed by atoms with E-state index in [1.54, 1.807) is 11.2 Å². The van der Waals surface area contributed by atoms with E-state index >= 15 is 0 Å². The largest absolute Gasteiger partial charge is 0.378 e. The first kappa shape index (κ1) is 66.4. The topological polar surface area (TPSA) is 83.1 Å². The molecule has 1 amide bonds. The van der Waals surface area contributed by atoms with E-state index < -0.39 is 10.0 Å². The van der Waals surface area contributed by atoms with E-state index in [1.807, 2.05) is 29.2 Å². The van der Waals surface area contributed by atoms with Crippen molar-refractivity contribution in [1.82, 2.24) is 33.7 Å². The molecule has 5 aromatic rings. The number of piperazine rings is 2. The van der Waals surface area contributed by atoms with Crippen molar-refractivity contribution < 1.29 is 17.9 Å². The van der Waals surface area contributed by atoms with Crippen molar-refractivity contribution in [1.29, 1.82) is 0 Å². The lowest BCUT2D eigenvalue weighted by Gasteiger charge is -2.43. The van der Waals surface area contributed by atoms with Gasteiger partial charge in [0.1, 0.15) is 0 Å². The number of ether oxygens (including phenoxy) is 1. The van der Waals surface area contributed by atoms with Gasteiger partial charge >= 0.3 is 0 Å². The molecule has 5 fully saturated rings. The Morgan fingerprint density at radius 3 is 1.07 bits per heavy atom. The molecule has 0 bridgehead atoms. The van der Waals surface area contributed by atoms with Crippen molar-refractivity contribution >= 4 is 15.9 Å². The average molecular weight is 1140 g/mol. The number of sulfonamides is 1. The molecule has 5 atom stereocenters. The number of likely N-dealkylation sites (tertiary alicyclic amines) is 2. The second kappa shape index (κ2) is 33.7. The molecule has 0 radical (unpaired) electrons. The summed E-state index contributed by atoms with van der Waals surface area (Å²) in [4.78, 5) is 26.2. The molecule has 0 spiro atoms. The Hall–Kier alpha value is -4.76. The molecule has 11 nitrogen and oxygen atoms in total. The number of rotatable bonds is 11. The Bertz CT molecular complexity index is 2490. The third-order valence-electron chi connectivity index (χ3n) is 17.2. The Morgan fingerprint density at radius 1 is 0.402 bits per heavy atom. The highest BCUT2D eigenvalue weighted by atomic mass is 32.2. The van der Waals surface area contributed by atoms with Crippen LogP contribution in [0.3, 0.4) is 0 Å². The quantitative estimate of drug-likeness (QED) is 0.128. The number of carbonyl (C=O) groups is 1. The maximum atomic E-state index is 11.7. The van der Waals surface area contributed by atoms with Crippen LogP contribution < -0.4 is 0 Å². The maximum Gasteiger partial charge on any atom is 0.219 e. The van der Waals surface area contributed by atoms with Gasteiger partial charge in [-0.3, -0.25) is 29.3 Å². The first-order chi connectivity index (χ1) is 39.3. The standard InChI is InChI=1S/C15H22N2O.C14H22N2O2S.2C14H21N.C13H19NO/c1-12(2)17-10-9-16(13(3)18)11-15(17)14-7-5-4-6-8-14;1-12(2)16-10-9-15(19(3,17)18)11-14(16)13-7-5-4-6-8-13;2*1-12(2)15-11-7-6-10-14(15)13-8-4-3-5-9-13;1-11(2)14-8-9-15-10-13(14)12-6-4-3-5-7-12/h4-8,12,15H,9-11H2,1-3H3;4-8,12,14H,9-11H2,1-3H3;2*3-5,8-9,12,14H,6-7,10-11H2,1-2H3;3-7,11,13H,8-10H2,1-2H3/t15-;3*14-;13-/m11111/s1. The zero-order valence-corrected chi connectivity index (χ0v) is 53.2. The number of amides is 1. The number of piperidine rings is 2. The first-order valence-corrected chi connectivity index (χ1v) is 33.0. The summed E-state index contributed by atoms with van der Waals surface area (Å²) < 4.78 is 30.7. The highest BCUT2D eigenvalue weighted by molar-refractivity contribution is 7.88. The molecule has 5 aliphatic rings. The number of nitrogens with zero attached hydrogens (tertiary/aromatic N) is 7. The summed E-state index contributed by atoms with van der Waals surface area (Å²) in [5.74, 6) is 0.180. The van der Waals surface area contributed by atoms with E-state index in [4.69, 9.17) is 4.74 Å². The van der Waals surface area contributed by atoms with Crippen LogP contribution >= 0.6 is 0 Å². The molecule has 0 unspecified atom stereocenters. The third-order valence-corrected chi connectivity index (χ3v) is 18.5. The molecule has 0 aliphatic carbocycles. The monoisotopic (exact) mass is 1140 g/mol. The summed E-state index contributed by atoms with van der Waals surface area (Å²) in [6, 6.07) is 58.2. The Labute approximate surface area is 498 Å². The minimum absolute atomic E-state index is 0.143. The molecule has 0 aromatic heterocycles. The molecule has 450 valence electrons. The number of morpholine rings is 1. The number of carbonyl (C=O) groups excluding carboxylic acids is 1. The lowest BCUT2D eigenvalue weighted by molar-refractivity contribution is -0.132. The summed E-state index contributed by atoms with van der Waals surface area (Å²) in [7, 11) is -3.11. The van der Waals surface area contributed by atoms with Crippen molar-refractivity contribution in [3.63, 3.8) is 0 Å². The van der Waals surface area contributed by atoms with Gasteiger partial charge in [0, 0.05) is 101 Å². The van der Waals surface area contributed by atoms with E-state index in [0.29, 0.717) is 67.5 Å². The lowest BCUT2D eigenvalue weighted by Crippen LogP contribution is -2.52. The second-order valence-corrected chi connectivity index (χ2v) is 26.4. The SMILES string of the molecule is CC(=O)N1CCN(C(C)C)[C@@H](c2ccccc2)C1.CC(C)N1CCCC[C@@H]1c1ccccc1.CC(C)N1CCCC[C@@H]1c1ccccc1.CC(C)N1CCN(S(C)(=O)=O)C[C@@H]1c1ccccc1.CC(C)N1CCOC[C@@H]1c1ccccc1. The van der Waals surface area contributed by atoms with Crippen LogP contribution in [0.15, 0.2) is 152 Å². The van der Waals surface area contributed by atoms with Gasteiger partial charge in [0.25, 0.3) is 0 Å². The fraction of sp³-hybridized carbons (Fsp3) is 0.557. The molecule has 5 aliphatic heterocycles. The predicted molar refractivity (Wildman–Crippen MR) is 342 cm³/mol.